The molecule has 0 saturated carbocycles. The number of hydrogen-bond acceptors (Lipinski definition) is 3. The van der Waals surface area contributed by atoms with E-state index >= 15 is 0 Å². The Kier molecular flexibility index (Phi) is 9.21. The van der Waals surface area contributed by atoms with E-state index in [1.807, 2.05) is 60.7 Å². The number of benzene rings is 7. The highest BCUT2D eigenvalue weighted by Crippen LogP contribution is 2.63. The second-order valence-corrected chi connectivity index (χ2v) is 12.4. The number of rotatable bonds is 3. The van der Waals surface area contributed by atoms with E-state index in [4.69, 9.17) is 11.5 Å². The van der Waals surface area contributed by atoms with Gasteiger partial charge in [0.05, 0.1) is 16.8 Å². The largest absolute Gasteiger partial charge is 0.326 e. The van der Waals surface area contributed by atoms with Crippen LogP contribution in [0.4, 0.5) is 17.1 Å². The normalized spacial score (nSPS) is 12.7. The number of anilines is 3. The highest BCUT2D eigenvalue weighted by atomic mass is 15.2. The molecule has 3 heteroatoms. The molecule has 0 atom stereocenters. The first kappa shape index (κ1) is 31.8. The predicted octanol–water partition coefficient (Wildman–Crippen LogP) is 10.4. The predicted molar refractivity (Wildman–Crippen MR) is 205 cm³/mol. The summed E-state index contributed by atoms with van der Waals surface area (Å²) in [6.07, 6.45) is 0. The van der Waals surface area contributed by atoms with Gasteiger partial charge in [0.1, 0.15) is 0 Å². The Bertz CT molecular complexity index is 2070. The second kappa shape index (κ2) is 14.2. The van der Waals surface area contributed by atoms with Crippen LogP contribution in [0.15, 0.2) is 182 Å². The minimum Gasteiger partial charge on any atom is -0.326 e. The lowest BCUT2D eigenvalue weighted by atomic mass is 9.64. The van der Waals surface area contributed by atoms with Gasteiger partial charge in [-0.25, -0.2) is 0 Å². The van der Waals surface area contributed by atoms with Gasteiger partial charge < -0.3 is 16.4 Å². The third-order valence-corrected chi connectivity index (χ3v) is 9.47. The Morgan fingerprint density at radius 2 is 0.857 bits per heavy atom. The Labute approximate surface area is 290 Å². The van der Waals surface area contributed by atoms with E-state index in [0.717, 1.165) is 0 Å². The van der Waals surface area contributed by atoms with Gasteiger partial charge in [0.15, 0.2) is 0 Å². The first-order chi connectivity index (χ1) is 24.2. The molecule has 1 aliphatic carbocycles. The first-order valence-corrected chi connectivity index (χ1v) is 16.9. The first-order valence-electron chi connectivity index (χ1n) is 16.9. The standard InChI is InChI=1S/C32H23N.2C7H9N/c1-22-19-20-25-24-13-5-6-14-26(24)32(29(25)21-22)27-15-7-9-17-30(27)33(23-11-3-2-4-12-23)31-18-10-8-16-28(31)32;2*8-6-7-4-2-1-3-5-7/h2-21H,1H3;2*1-5H,6,8H2. The SMILES string of the molecule is Cc1ccc2c(c1)C1(c3ccccc3-2)c2ccccc2N(c2ccccc2)c2ccccc21.NCc1ccccc1.NCc1ccccc1. The van der Waals surface area contributed by atoms with Crippen molar-refractivity contribution < 1.29 is 0 Å². The summed E-state index contributed by atoms with van der Waals surface area (Å²) in [5.74, 6) is 0. The molecule has 2 aliphatic rings. The van der Waals surface area contributed by atoms with Crippen LogP contribution in [0.25, 0.3) is 11.1 Å². The lowest BCUT2D eigenvalue weighted by Crippen LogP contribution is -2.36. The summed E-state index contributed by atoms with van der Waals surface area (Å²) in [7, 11) is 0. The molecule has 0 amide bonds. The van der Waals surface area contributed by atoms with Crippen LogP contribution < -0.4 is 16.4 Å². The Morgan fingerprint density at radius 3 is 1.37 bits per heavy atom. The van der Waals surface area contributed by atoms with E-state index in [0.29, 0.717) is 13.1 Å². The minimum absolute atomic E-state index is 0.337. The molecule has 1 heterocycles. The summed E-state index contributed by atoms with van der Waals surface area (Å²) in [5.41, 5.74) is 25.8. The van der Waals surface area contributed by atoms with Gasteiger partial charge in [0, 0.05) is 18.8 Å². The van der Waals surface area contributed by atoms with Gasteiger partial charge in [-0.15, -0.1) is 0 Å². The average molecular weight is 636 g/mol. The Balaban J connectivity index is 0.000000194. The topological polar surface area (TPSA) is 55.3 Å². The minimum atomic E-state index is -0.337. The van der Waals surface area contributed by atoms with Crippen LogP contribution in [0.2, 0.25) is 0 Å². The molecule has 0 bridgehead atoms. The highest BCUT2D eigenvalue weighted by molar-refractivity contribution is 5.95. The lowest BCUT2D eigenvalue weighted by molar-refractivity contribution is 0.752. The molecule has 0 unspecified atom stereocenters. The summed E-state index contributed by atoms with van der Waals surface area (Å²) in [5, 5.41) is 0. The zero-order chi connectivity index (χ0) is 33.6. The molecule has 1 aliphatic heterocycles. The van der Waals surface area contributed by atoms with Crippen molar-refractivity contribution in [2.75, 3.05) is 4.90 Å². The summed E-state index contributed by atoms with van der Waals surface area (Å²) in [6, 6.07) is 64.5. The summed E-state index contributed by atoms with van der Waals surface area (Å²) in [4.78, 5) is 2.42. The summed E-state index contributed by atoms with van der Waals surface area (Å²) in [6.45, 7) is 3.48. The fourth-order valence-corrected chi connectivity index (χ4v) is 7.30. The van der Waals surface area contributed by atoms with Crippen LogP contribution in [0.3, 0.4) is 0 Å². The third-order valence-electron chi connectivity index (χ3n) is 9.47. The van der Waals surface area contributed by atoms with Gasteiger partial charge >= 0.3 is 0 Å². The molecular formula is C46H41N3. The van der Waals surface area contributed by atoms with Gasteiger partial charge in [-0.05, 0) is 75.7 Å². The molecule has 9 rings (SSSR count). The second-order valence-electron chi connectivity index (χ2n) is 12.4. The van der Waals surface area contributed by atoms with E-state index in [2.05, 4.69) is 133 Å². The van der Waals surface area contributed by atoms with Crippen molar-refractivity contribution in [3.63, 3.8) is 0 Å². The summed E-state index contributed by atoms with van der Waals surface area (Å²) >= 11 is 0. The average Bonchev–Trinajstić information content (AvgIpc) is 3.46. The van der Waals surface area contributed by atoms with Crippen molar-refractivity contribution in [2.24, 2.45) is 11.5 Å². The van der Waals surface area contributed by atoms with E-state index in [1.54, 1.807) is 0 Å². The van der Waals surface area contributed by atoms with Crippen molar-refractivity contribution in [3.05, 3.63) is 221 Å². The molecule has 240 valence electrons. The Hall–Kier alpha value is -5.74. The van der Waals surface area contributed by atoms with Crippen LogP contribution in [-0.2, 0) is 18.5 Å². The highest BCUT2D eigenvalue weighted by Gasteiger charge is 2.51. The molecule has 0 radical (unpaired) electrons. The summed E-state index contributed by atoms with van der Waals surface area (Å²) < 4.78 is 0. The molecule has 4 N–H and O–H groups in total. The van der Waals surface area contributed by atoms with Crippen molar-refractivity contribution in [1.29, 1.82) is 0 Å². The number of nitrogens with two attached hydrogens (primary N) is 2. The third kappa shape index (κ3) is 5.84. The number of hydrogen-bond donors (Lipinski definition) is 2. The van der Waals surface area contributed by atoms with Crippen molar-refractivity contribution in [2.45, 2.75) is 25.4 Å². The van der Waals surface area contributed by atoms with E-state index in [1.165, 1.54) is 67.1 Å². The number of aryl methyl sites for hydroxylation is 1. The monoisotopic (exact) mass is 635 g/mol. The maximum atomic E-state index is 5.35. The maximum absolute atomic E-state index is 5.35. The van der Waals surface area contributed by atoms with E-state index in [9.17, 15) is 0 Å². The van der Waals surface area contributed by atoms with Crippen LogP contribution in [0.5, 0.6) is 0 Å². The molecule has 0 fully saturated rings. The van der Waals surface area contributed by atoms with Crippen molar-refractivity contribution in [1.82, 2.24) is 0 Å². The molecule has 7 aromatic carbocycles. The van der Waals surface area contributed by atoms with Crippen molar-refractivity contribution >= 4 is 17.1 Å². The molecule has 7 aromatic rings. The van der Waals surface area contributed by atoms with Gasteiger partial charge in [-0.2, -0.15) is 0 Å². The zero-order valence-corrected chi connectivity index (χ0v) is 27.8. The molecule has 0 aromatic heterocycles. The number of para-hydroxylation sites is 3. The molecule has 0 saturated heterocycles. The van der Waals surface area contributed by atoms with E-state index in [-0.39, 0.29) is 5.41 Å². The fraction of sp³-hybridized carbons (Fsp3) is 0.0870. The van der Waals surface area contributed by atoms with Crippen LogP contribution in [-0.4, -0.2) is 0 Å². The number of nitrogens with zero attached hydrogens (tertiary/aromatic N) is 1. The smallest absolute Gasteiger partial charge is 0.0754 e. The van der Waals surface area contributed by atoms with E-state index < -0.39 is 0 Å². The van der Waals surface area contributed by atoms with Crippen molar-refractivity contribution in [3.8, 4) is 11.1 Å². The van der Waals surface area contributed by atoms with Gasteiger partial charge in [0.25, 0.3) is 0 Å². The fourth-order valence-electron chi connectivity index (χ4n) is 7.30. The zero-order valence-electron chi connectivity index (χ0n) is 27.8. The number of fused-ring (bicyclic) bond motifs is 9. The van der Waals surface area contributed by atoms with Gasteiger partial charge in [0.2, 0.25) is 0 Å². The molecule has 1 spiro atoms. The van der Waals surface area contributed by atoms with Crippen LogP contribution in [0.1, 0.15) is 38.9 Å². The van der Waals surface area contributed by atoms with Gasteiger partial charge in [-0.1, -0.05) is 163 Å². The lowest BCUT2D eigenvalue weighted by Gasteiger charge is -2.45. The molecule has 49 heavy (non-hydrogen) atoms. The van der Waals surface area contributed by atoms with Crippen LogP contribution in [0, 0.1) is 6.92 Å². The molecule has 3 nitrogen and oxygen atoms in total. The van der Waals surface area contributed by atoms with Crippen LogP contribution >= 0.6 is 0 Å². The Morgan fingerprint density at radius 1 is 0.429 bits per heavy atom. The quantitative estimate of drug-likeness (QED) is 0.203. The van der Waals surface area contributed by atoms with Gasteiger partial charge in [-0.3, -0.25) is 0 Å². The molecular weight excluding hydrogens is 595 g/mol. The maximum Gasteiger partial charge on any atom is 0.0754 e.